The Kier molecular flexibility index (Phi) is 3.59. The summed E-state index contributed by atoms with van der Waals surface area (Å²) in [6.45, 7) is 0. The molecule has 110 valence electrons. The van der Waals surface area contributed by atoms with E-state index in [0.717, 1.165) is 0 Å². The molecule has 2 aromatic rings. The lowest BCUT2D eigenvalue weighted by molar-refractivity contribution is 0.484. The molecule has 0 aliphatic carbocycles. The lowest BCUT2D eigenvalue weighted by Crippen LogP contribution is -2.04. The average molecular weight is 316 g/mol. The lowest BCUT2D eigenvalue weighted by atomic mass is 10.1. The van der Waals surface area contributed by atoms with Crippen LogP contribution in [0.15, 0.2) is 28.0 Å². The Balaban J connectivity index is 3.05. The molecule has 8 heteroatoms. The van der Waals surface area contributed by atoms with E-state index in [4.69, 9.17) is 11.5 Å². The molecule has 0 aliphatic rings. The summed E-state index contributed by atoms with van der Waals surface area (Å²) in [5, 5.41) is 10.8. The molecule has 0 saturated carbocycles. The lowest BCUT2D eigenvalue weighted by Gasteiger charge is -2.27. The zero-order valence-corrected chi connectivity index (χ0v) is 12.6. The largest absolute Gasteiger partial charge is 0.505 e. The molecule has 20 heavy (non-hydrogen) atoms. The van der Waals surface area contributed by atoms with E-state index < -0.39 is 21.4 Å². The molecule has 0 spiro atoms. The SMILES string of the molecule is CS(C)(O)c1cc(S(=O)O)c(N)c2c(O)c(N)ccc12. The second kappa shape index (κ2) is 4.81. The van der Waals surface area contributed by atoms with Crippen molar-refractivity contribution in [1.82, 2.24) is 0 Å². The van der Waals surface area contributed by atoms with Crippen molar-refractivity contribution in [1.29, 1.82) is 0 Å². The Morgan fingerprint density at radius 1 is 1.25 bits per heavy atom. The van der Waals surface area contributed by atoms with Gasteiger partial charge in [0.2, 0.25) is 0 Å². The van der Waals surface area contributed by atoms with Crippen molar-refractivity contribution in [2.75, 3.05) is 24.0 Å². The second-order valence-electron chi connectivity index (χ2n) is 4.73. The van der Waals surface area contributed by atoms with E-state index in [1.165, 1.54) is 12.1 Å². The number of nitrogen functional groups attached to an aromatic ring is 2. The van der Waals surface area contributed by atoms with E-state index in [1.807, 2.05) is 0 Å². The van der Waals surface area contributed by atoms with E-state index >= 15 is 0 Å². The molecular weight excluding hydrogens is 300 g/mol. The number of phenols is 1. The first kappa shape index (κ1) is 14.9. The molecule has 2 rings (SSSR count). The molecule has 0 fully saturated rings. The highest BCUT2D eigenvalue weighted by atomic mass is 32.3. The molecule has 0 aliphatic heterocycles. The van der Waals surface area contributed by atoms with Crippen molar-refractivity contribution in [3.8, 4) is 5.75 Å². The van der Waals surface area contributed by atoms with Crippen LogP contribution in [0.25, 0.3) is 10.8 Å². The van der Waals surface area contributed by atoms with Crippen LogP contribution in [0.1, 0.15) is 0 Å². The van der Waals surface area contributed by atoms with Crippen molar-refractivity contribution in [2.24, 2.45) is 0 Å². The number of fused-ring (bicyclic) bond motifs is 1. The summed E-state index contributed by atoms with van der Waals surface area (Å²) < 4.78 is 31.0. The third-order valence-electron chi connectivity index (χ3n) is 3.00. The van der Waals surface area contributed by atoms with Gasteiger partial charge in [-0.25, -0.2) is 4.21 Å². The Bertz CT molecular complexity index is 726. The Morgan fingerprint density at radius 3 is 2.35 bits per heavy atom. The van der Waals surface area contributed by atoms with Crippen LogP contribution in [0.4, 0.5) is 11.4 Å². The molecule has 0 amide bonds. The van der Waals surface area contributed by atoms with Crippen LogP contribution in [0, 0.1) is 0 Å². The number of hydrogen-bond donors (Lipinski definition) is 5. The molecule has 1 atom stereocenters. The van der Waals surface area contributed by atoms with Gasteiger partial charge in [-0.15, -0.1) is 10.3 Å². The molecule has 7 N–H and O–H groups in total. The number of rotatable bonds is 2. The van der Waals surface area contributed by atoms with Crippen molar-refractivity contribution < 1.29 is 18.4 Å². The van der Waals surface area contributed by atoms with Crippen LogP contribution >= 0.6 is 10.3 Å². The van der Waals surface area contributed by atoms with Gasteiger partial charge in [-0.05, 0) is 24.6 Å². The fourth-order valence-electron chi connectivity index (χ4n) is 2.04. The van der Waals surface area contributed by atoms with Crippen LogP contribution < -0.4 is 11.5 Å². The summed E-state index contributed by atoms with van der Waals surface area (Å²) in [5.74, 6) is -0.253. The normalized spacial score (nSPS) is 14.4. The van der Waals surface area contributed by atoms with Gasteiger partial charge in [0.05, 0.1) is 21.7 Å². The monoisotopic (exact) mass is 316 g/mol. The first-order valence-corrected chi connectivity index (χ1v) is 9.06. The first-order valence-electron chi connectivity index (χ1n) is 5.55. The van der Waals surface area contributed by atoms with E-state index in [1.54, 1.807) is 18.6 Å². The van der Waals surface area contributed by atoms with E-state index in [9.17, 15) is 18.4 Å². The van der Waals surface area contributed by atoms with Crippen molar-refractivity contribution >= 4 is 43.5 Å². The molecule has 0 radical (unpaired) electrons. The van der Waals surface area contributed by atoms with Gasteiger partial charge in [-0.1, -0.05) is 6.07 Å². The number of aromatic hydroxyl groups is 1. The predicted molar refractivity (Wildman–Crippen MR) is 83.8 cm³/mol. The molecular formula is C12H16N2O4S2. The predicted octanol–water partition coefficient (Wildman–Crippen LogP) is 2.19. The second-order valence-corrected chi connectivity index (χ2v) is 8.66. The summed E-state index contributed by atoms with van der Waals surface area (Å²) in [5.41, 5.74) is 11.6. The van der Waals surface area contributed by atoms with Gasteiger partial charge in [-0.3, -0.25) is 0 Å². The number of nitrogens with two attached hydrogens (primary N) is 2. The fourth-order valence-corrected chi connectivity index (χ4v) is 3.74. The summed E-state index contributed by atoms with van der Waals surface area (Å²) >= 11 is -2.33. The van der Waals surface area contributed by atoms with Crippen LogP contribution in [-0.4, -0.2) is 30.9 Å². The van der Waals surface area contributed by atoms with Crippen molar-refractivity contribution in [3.63, 3.8) is 0 Å². The first-order chi connectivity index (χ1) is 9.14. The van der Waals surface area contributed by atoms with E-state index in [-0.39, 0.29) is 27.4 Å². The zero-order valence-electron chi connectivity index (χ0n) is 11.0. The van der Waals surface area contributed by atoms with Crippen LogP contribution in [-0.2, 0) is 11.1 Å². The molecule has 0 heterocycles. The minimum absolute atomic E-state index is 0.0157. The number of phenolic OH excluding ortho intramolecular Hbond substituents is 1. The smallest absolute Gasteiger partial charge is 0.188 e. The molecule has 0 saturated heterocycles. The summed E-state index contributed by atoms with van der Waals surface area (Å²) in [6.07, 6.45) is 3.24. The van der Waals surface area contributed by atoms with Crippen LogP contribution in [0.3, 0.4) is 0 Å². The van der Waals surface area contributed by atoms with Gasteiger partial charge < -0.3 is 25.7 Å². The maximum atomic E-state index is 11.4. The minimum Gasteiger partial charge on any atom is -0.505 e. The third kappa shape index (κ3) is 2.31. The van der Waals surface area contributed by atoms with Gasteiger partial charge in [0, 0.05) is 10.3 Å². The van der Waals surface area contributed by atoms with E-state index in [2.05, 4.69) is 0 Å². The van der Waals surface area contributed by atoms with Gasteiger partial charge in [0.15, 0.2) is 11.1 Å². The molecule has 6 nitrogen and oxygen atoms in total. The number of benzene rings is 2. The van der Waals surface area contributed by atoms with Crippen molar-refractivity contribution in [3.05, 3.63) is 18.2 Å². The Morgan fingerprint density at radius 2 is 1.85 bits per heavy atom. The number of anilines is 2. The van der Waals surface area contributed by atoms with Crippen LogP contribution in [0.5, 0.6) is 5.75 Å². The summed E-state index contributed by atoms with van der Waals surface area (Å²) in [4.78, 5) is 0.414. The molecule has 2 aromatic carbocycles. The van der Waals surface area contributed by atoms with Crippen molar-refractivity contribution in [2.45, 2.75) is 9.79 Å². The molecule has 0 bridgehead atoms. The summed E-state index contributed by atoms with van der Waals surface area (Å²) in [6, 6.07) is 4.53. The van der Waals surface area contributed by atoms with Gasteiger partial charge >= 0.3 is 0 Å². The number of hydrogen-bond acceptors (Lipinski definition) is 5. The van der Waals surface area contributed by atoms with E-state index in [0.29, 0.717) is 10.3 Å². The van der Waals surface area contributed by atoms with Gasteiger partial charge in [0.25, 0.3) is 0 Å². The van der Waals surface area contributed by atoms with Crippen LogP contribution in [0.2, 0.25) is 0 Å². The molecule has 0 aromatic heterocycles. The highest BCUT2D eigenvalue weighted by Crippen LogP contribution is 2.52. The Labute approximate surface area is 120 Å². The standard InChI is InChI=1S/C12H16N2O4S2/c1-20(2,18)9-5-8(19(16)17)11(14)10-6(9)3-4-7(13)12(10)15/h3-5,15,18H,13-14H2,1-2H3,(H,16,17). The fraction of sp³-hybridized carbons (Fsp3) is 0.167. The topological polar surface area (TPSA) is 130 Å². The quantitative estimate of drug-likeness (QED) is 0.328. The maximum absolute atomic E-state index is 11.4. The highest BCUT2D eigenvalue weighted by molar-refractivity contribution is 8.28. The minimum atomic E-state index is -2.33. The third-order valence-corrected chi connectivity index (χ3v) is 5.13. The van der Waals surface area contributed by atoms with Gasteiger partial charge in [0.1, 0.15) is 5.75 Å². The van der Waals surface area contributed by atoms with Gasteiger partial charge in [-0.2, -0.15) is 0 Å². The highest BCUT2D eigenvalue weighted by Gasteiger charge is 2.22. The maximum Gasteiger partial charge on any atom is 0.188 e. The average Bonchev–Trinajstić information content (AvgIpc) is 2.31. The Hall–Kier alpha value is -1.48. The molecule has 1 unspecified atom stereocenters. The zero-order chi connectivity index (χ0) is 15.2. The summed E-state index contributed by atoms with van der Waals surface area (Å²) in [7, 11) is -2.18.